The number of aryl methyl sites for hydroxylation is 2. The van der Waals surface area contributed by atoms with Gasteiger partial charge in [0, 0.05) is 37.6 Å². The first-order valence-electron chi connectivity index (χ1n) is 9.51. The number of nitrogens with zero attached hydrogens (tertiary/aromatic N) is 2. The zero-order chi connectivity index (χ0) is 19.9. The summed E-state index contributed by atoms with van der Waals surface area (Å²) < 4.78 is 5.52. The van der Waals surface area contributed by atoms with Crippen LogP contribution in [0, 0.1) is 6.92 Å². The average molecular weight is 401 g/mol. The highest BCUT2D eigenvalue weighted by molar-refractivity contribution is 6.30. The first-order valence-corrected chi connectivity index (χ1v) is 9.88. The molecule has 0 aliphatic carbocycles. The van der Waals surface area contributed by atoms with Crippen LogP contribution in [0.4, 0.5) is 0 Å². The van der Waals surface area contributed by atoms with Gasteiger partial charge in [-0.3, -0.25) is 9.59 Å². The number of benzene rings is 2. The van der Waals surface area contributed by atoms with E-state index >= 15 is 0 Å². The number of carbonyl (C=O) groups excluding carboxylic acids is 2. The molecule has 0 aromatic heterocycles. The molecule has 2 amide bonds. The molecule has 1 heterocycles. The van der Waals surface area contributed by atoms with E-state index in [-0.39, 0.29) is 18.4 Å². The van der Waals surface area contributed by atoms with Crippen LogP contribution in [-0.2, 0) is 16.0 Å². The van der Waals surface area contributed by atoms with Gasteiger partial charge < -0.3 is 14.5 Å². The molecule has 3 rings (SSSR count). The maximum Gasteiger partial charge on any atom is 0.260 e. The molecule has 5 nitrogen and oxygen atoms in total. The van der Waals surface area contributed by atoms with Crippen LogP contribution in [0.1, 0.15) is 17.5 Å². The summed E-state index contributed by atoms with van der Waals surface area (Å²) in [7, 11) is 0. The molecular formula is C22H25ClN2O3. The van der Waals surface area contributed by atoms with Crippen molar-refractivity contribution in [3.05, 3.63) is 64.7 Å². The van der Waals surface area contributed by atoms with Crippen molar-refractivity contribution in [1.29, 1.82) is 0 Å². The van der Waals surface area contributed by atoms with Gasteiger partial charge in [-0.15, -0.1) is 0 Å². The number of rotatable bonds is 6. The minimum atomic E-state index is -0.0679. The second-order valence-corrected chi connectivity index (χ2v) is 7.43. The largest absolute Gasteiger partial charge is 0.484 e. The molecule has 0 spiro atoms. The molecular weight excluding hydrogens is 376 g/mol. The van der Waals surface area contributed by atoms with Crippen molar-refractivity contribution in [3.8, 4) is 5.75 Å². The van der Waals surface area contributed by atoms with Crippen molar-refractivity contribution in [2.75, 3.05) is 32.8 Å². The van der Waals surface area contributed by atoms with Crippen molar-refractivity contribution in [2.45, 2.75) is 19.8 Å². The summed E-state index contributed by atoms with van der Waals surface area (Å²) in [6.45, 7) is 4.26. The van der Waals surface area contributed by atoms with E-state index in [1.54, 1.807) is 29.2 Å². The van der Waals surface area contributed by atoms with Crippen LogP contribution in [0.25, 0.3) is 0 Å². The van der Waals surface area contributed by atoms with Crippen LogP contribution in [0.5, 0.6) is 5.75 Å². The Morgan fingerprint density at radius 1 is 0.893 bits per heavy atom. The number of hydrogen-bond acceptors (Lipinski definition) is 3. The Bertz CT molecular complexity index is 728. The first kappa shape index (κ1) is 20.2. The third kappa shape index (κ3) is 5.73. The third-order valence-electron chi connectivity index (χ3n) is 4.91. The molecule has 6 heteroatoms. The molecule has 0 saturated carbocycles. The van der Waals surface area contributed by atoms with Gasteiger partial charge in [0.25, 0.3) is 5.91 Å². The number of halogens is 1. The van der Waals surface area contributed by atoms with Gasteiger partial charge in [-0.2, -0.15) is 0 Å². The van der Waals surface area contributed by atoms with Crippen molar-refractivity contribution in [2.24, 2.45) is 0 Å². The Labute approximate surface area is 170 Å². The highest BCUT2D eigenvalue weighted by Gasteiger charge is 2.24. The molecule has 0 bridgehead atoms. The zero-order valence-electron chi connectivity index (χ0n) is 16.1. The SMILES string of the molecule is Cc1ccc(CCC(=O)N2CCN(C(=O)COc3ccc(Cl)cc3)CC2)cc1. The summed E-state index contributed by atoms with van der Waals surface area (Å²) in [6, 6.07) is 15.2. The average Bonchev–Trinajstić information content (AvgIpc) is 2.72. The van der Waals surface area contributed by atoms with Crippen molar-refractivity contribution < 1.29 is 14.3 Å². The Kier molecular flexibility index (Phi) is 6.93. The van der Waals surface area contributed by atoms with E-state index in [1.165, 1.54) is 11.1 Å². The quantitative estimate of drug-likeness (QED) is 0.747. The van der Waals surface area contributed by atoms with E-state index in [4.69, 9.17) is 16.3 Å². The fraction of sp³-hybridized carbons (Fsp3) is 0.364. The van der Waals surface area contributed by atoms with Gasteiger partial charge in [0.15, 0.2) is 6.61 Å². The number of carbonyl (C=O) groups is 2. The van der Waals surface area contributed by atoms with Gasteiger partial charge in [-0.1, -0.05) is 41.4 Å². The summed E-state index contributed by atoms with van der Waals surface area (Å²) >= 11 is 5.84. The van der Waals surface area contributed by atoms with Crippen LogP contribution in [0.3, 0.4) is 0 Å². The summed E-state index contributed by atoms with van der Waals surface area (Å²) in [4.78, 5) is 28.4. The van der Waals surface area contributed by atoms with Gasteiger partial charge in [0.2, 0.25) is 5.91 Å². The number of hydrogen-bond donors (Lipinski definition) is 0. The van der Waals surface area contributed by atoms with Crippen LogP contribution in [0.15, 0.2) is 48.5 Å². The van der Waals surface area contributed by atoms with Crippen LogP contribution >= 0.6 is 11.6 Å². The molecule has 0 radical (unpaired) electrons. The summed E-state index contributed by atoms with van der Waals surface area (Å²) in [5.41, 5.74) is 2.39. The predicted octanol–water partition coefficient (Wildman–Crippen LogP) is 3.33. The summed E-state index contributed by atoms with van der Waals surface area (Å²) in [5.74, 6) is 0.689. The molecule has 1 aliphatic heterocycles. The van der Waals surface area contributed by atoms with E-state index in [0.717, 1.165) is 6.42 Å². The normalized spacial score (nSPS) is 14.1. The highest BCUT2D eigenvalue weighted by Crippen LogP contribution is 2.16. The van der Waals surface area contributed by atoms with Crippen LogP contribution < -0.4 is 4.74 Å². The molecule has 1 fully saturated rings. The lowest BCUT2D eigenvalue weighted by Gasteiger charge is -2.34. The Morgan fingerprint density at radius 2 is 1.46 bits per heavy atom. The van der Waals surface area contributed by atoms with Crippen LogP contribution in [-0.4, -0.2) is 54.4 Å². The molecule has 2 aromatic rings. The second kappa shape index (κ2) is 9.60. The lowest BCUT2D eigenvalue weighted by atomic mass is 10.1. The summed E-state index contributed by atoms with van der Waals surface area (Å²) in [5, 5.41) is 0.627. The van der Waals surface area contributed by atoms with E-state index < -0.39 is 0 Å². The smallest absolute Gasteiger partial charge is 0.260 e. The fourth-order valence-corrected chi connectivity index (χ4v) is 3.26. The lowest BCUT2D eigenvalue weighted by Crippen LogP contribution is -2.51. The third-order valence-corrected chi connectivity index (χ3v) is 5.16. The number of ether oxygens (including phenoxy) is 1. The van der Waals surface area contributed by atoms with E-state index in [2.05, 4.69) is 31.2 Å². The maximum absolute atomic E-state index is 12.4. The molecule has 1 aliphatic rings. The topological polar surface area (TPSA) is 49.9 Å². The molecule has 2 aromatic carbocycles. The van der Waals surface area contributed by atoms with Gasteiger partial charge in [0.1, 0.15) is 5.75 Å². The van der Waals surface area contributed by atoms with Crippen molar-refractivity contribution in [1.82, 2.24) is 9.80 Å². The Morgan fingerprint density at radius 3 is 2.07 bits per heavy atom. The molecule has 148 valence electrons. The highest BCUT2D eigenvalue weighted by atomic mass is 35.5. The Balaban J connectivity index is 1.39. The van der Waals surface area contributed by atoms with Gasteiger partial charge in [-0.05, 0) is 43.2 Å². The lowest BCUT2D eigenvalue weighted by molar-refractivity contribution is -0.140. The van der Waals surface area contributed by atoms with Gasteiger partial charge >= 0.3 is 0 Å². The minimum absolute atomic E-state index is 0.0109. The van der Waals surface area contributed by atoms with Gasteiger partial charge in [0.05, 0.1) is 0 Å². The molecule has 0 N–H and O–H groups in total. The van der Waals surface area contributed by atoms with E-state index in [9.17, 15) is 9.59 Å². The molecule has 28 heavy (non-hydrogen) atoms. The van der Waals surface area contributed by atoms with Crippen molar-refractivity contribution in [3.63, 3.8) is 0 Å². The standard InChI is InChI=1S/C22H25ClN2O3/c1-17-2-4-18(5-3-17)6-11-21(26)24-12-14-25(15-13-24)22(27)16-28-20-9-7-19(23)8-10-20/h2-5,7-10H,6,11-16H2,1H3. The zero-order valence-corrected chi connectivity index (χ0v) is 16.8. The summed E-state index contributed by atoms with van der Waals surface area (Å²) in [6.07, 6.45) is 1.24. The number of piperazine rings is 1. The van der Waals surface area contributed by atoms with Crippen molar-refractivity contribution >= 4 is 23.4 Å². The van der Waals surface area contributed by atoms with E-state index in [1.807, 2.05) is 4.90 Å². The predicted molar refractivity (Wildman–Crippen MR) is 110 cm³/mol. The van der Waals surface area contributed by atoms with E-state index in [0.29, 0.717) is 43.4 Å². The minimum Gasteiger partial charge on any atom is -0.484 e. The monoisotopic (exact) mass is 400 g/mol. The van der Waals surface area contributed by atoms with Crippen LogP contribution in [0.2, 0.25) is 5.02 Å². The second-order valence-electron chi connectivity index (χ2n) is 6.99. The Hall–Kier alpha value is -2.53. The van der Waals surface area contributed by atoms with Gasteiger partial charge in [-0.25, -0.2) is 0 Å². The first-order chi connectivity index (χ1) is 13.5. The fourth-order valence-electron chi connectivity index (χ4n) is 3.14. The number of amides is 2. The maximum atomic E-state index is 12.4. The molecule has 1 saturated heterocycles. The molecule has 0 unspecified atom stereocenters. The molecule has 0 atom stereocenters.